The van der Waals surface area contributed by atoms with Gasteiger partial charge < -0.3 is 20.1 Å². The van der Waals surface area contributed by atoms with E-state index in [1.807, 2.05) is 0 Å². The van der Waals surface area contributed by atoms with Crippen LogP contribution in [0, 0.1) is 5.92 Å². The molecule has 0 spiro atoms. The van der Waals surface area contributed by atoms with Crippen LogP contribution in [0.1, 0.15) is 18.4 Å². The smallest absolute Gasteiger partial charge is 0.333 e. The van der Waals surface area contributed by atoms with Gasteiger partial charge in [0.25, 0.3) is 0 Å². The zero-order valence-corrected chi connectivity index (χ0v) is 15.6. The number of methoxy groups -OCH3 is 1. The van der Waals surface area contributed by atoms with Crippen molar-refractivity contribution >= 4 is 44.4 Å². The Balaban J connectivity index is 2.42. The van der Waals surface area contributed by atoms with E-state index >= 15 is 0 Å². The number of ether oxygens (including phenoxy) is 1. The molecule has 0 heterocycles. The first kappa shape index (κ1) is 19.9. The van der Waals surface area contributed by atoms with E-state index in [9.17, 15) is 19.5 Å². The highest BCUT2D eigenvalue weighted by Crippen LogP contribution is 2.35. The molecule has 0 aromatic heterocycles. The fourth-order valence-electron chi connectivity index (χ4n) is 2.71. The van der Waals surface area contributed by atoms with Crippen LogP contribution < -0.4 is 4.74 Å². The molecule has 7 nitrogen and oxygen atoms in total. The van der Waals surface area contributed by atoms with E-state index in [2.05, 4.69) is 15.9 Å². The molecule has 0 fully saturated rings. The molecule has 8 heteroatoms. The summed E-state index contributed by atoms with van der Waals surface area (Å²) in [5, 5.41) is 29.2. The molecule has 3 N–H and O–H groups in total. The fourth-order valence-corrected chi connectivity index (χ4v) is 3.36. The molecule has 0 aliphatic heterocycles. The van der Waals surface area contributed by atoms with Crippen molar-refractivity contribution in [1.29, 1.82) is 0 Å². The number of halogens is 1. The monoisotopic (exact) mass is 424 g/mol. The molecule has 0 saturated carbocycles. The maximum Gasteiger partial charge on any atom is 0.333 e. The molecule has 0 amide bonds. The van der Waals surface area contributed by atoms with Gasteiger partial charge >= 0.3 is 11.9 Å². The summed E-state index contributed by atoms with van der Waals surface area (Å²) in [6.07, 6.45) is -2.30. The molecular weight excluding hydrogens is 408 g/mol. The lowest BCUT2D eigenvalue weighted by molar-refractivity contribution is -0.163. The van der Waals surface area contributed by atoms with Gasteiger partial charge in [-0.3, -0.25) is 9.59 Å². The summed E-state index contributed by atoms with van der Waals surface area (Å²) in [5.74, 6) is -6.61. The summed E-state index contributed by atoms with van der Waals surface area (Å²) >= 11 is 3.44. The van der Waals surface area contributed by atoms with Gasteiger partial charge in [-0.2, -0.15) is 0 Å². The van der Waals surface area contributed by atoms with Gasteiger partial charge in [-0.1, -0.05) is 31.2 Å². The van der Waals surface area contributed by atoms with E-state index < -0.39 is 35.7 Å². The number of rotatable bonds is 7. The van der Waals surface area contributed by atoms with Crippen LogP contribution in [0.5, 0.6) is 5.75 Å². The Hall–Kier alpha value is -2.45. The van der Waals surface area contributed by atoms with Crippen LogP contribution >= 0.6 is 15.9 Å². The van der Waals surface area contributed by atoms with Crippen molar-refractivity contribution < 1.29 is 34.4 Å². The number of hydrogen-bond acceptors (Lipinski definition) is 5. The van der Waals surface area contributed by atoms with Gasteiger partial charge in [0.15, 0.2) is 17.8 Å². The maximum atomic E-state index is 12.5. The topological polar surface area (TPSA) is 121 Å². The lowest BCUT2D eigenvalue weighted by atomic mass is 9.85. The number of fused-ring (bicyclic) bond motifs is 1. The molecule has 0 saturated heterocycles. The summed E-state index contributed by atoms with van der Waals surface area (Å²) < 4.78 is 5.97. The van der Waals surface area contributed by atoms with Crippen molar-refractivity contribution in [3.05, 3.63) is 40.4 Å². The van der Waals surface area contributed by atoms with E-state index in [4.69, 9.17) is 14.9 Å². The summed E-state index contributed by atoms with van der Waals surface area (Å²) in [4.78, 5) is 34.7. The first-order valence-electron chi connectivity index (χ1n) is 7.62. The Bertz CT molecular complexity index is 877. The number of ketones is 1. The molecule has 2 rings (SSSR count). The second-order valence-corrected chi connectivity index (χ2v) is 6.58. The van der Waals surface area contributed by atoms with Crippen LogP contribution in [-0.2, 0) is 14.4 Å². The summed E-state index contributed by atoms with van der Waals surface area (Å²) in [6.45, 7) is 1.48. The van der Waals surface area contributed by atoms with Gasteiger partial charge in [0.1, 0.15) is 5.75 Å². The number of carboxylic acid groups (broad SMARTS) is 2. The molecule has 3 atom stereocenters. The van der Waals surface area contributed by atoms with Gasteiger partial charge in [0.2, 0.25) is 0 Å². The molecule has 2 aromatic rings. The predicted molar refractivity (Wildman–Crippen MR) is 96.4 cm³/mol. The number of hydrogen-bond donors (Lipinski definition) is 3. The van der Waals surface area contributed by atoms with Crippen LogP contribution in [0.3, 0.4) is 0 Å². The first-order valence-corrected chi connectivity index (χ1v) is 8.41. The van der Waals surface area contributed by atoms with Crippen LogP contribution in [0.2, 0.25) is 0 Å². The van der Waals surface area contributed by atoms with Crippen molar-refractivity contribution in [3.63, 3.8) is 0 Å². The second-order valence-electron chi connectivity index (χ2n) is 5.79. The number of benzene rings is 2. The van der Waals surface area contributed by atoms with E-state index in [0.717, 1.165) is 15.2 Å². The number of carbonyl (C=O) groups excluding carboxylic acids is 1. The third kappa shape index (κ3) is 3.71. The minimum Gasteiger partial charge on any atom is -0.496 e. The lowest BCUT2D eigenvalue weighted by Crippen LogP contribution is -2.41. The van der Waals surface area contributed by atoms with Crippen LogP contribution in [-0.4, -0.2) is 46.3 Å². The van der Waals surface area contributed by atoms with E-state index in [1.54, 1.807) is 37.4 Å². The quantitative estimate of drug-likeness (QED) is 0.583. The van der Waals surface area contributed by atoms with E-state index in [0.29, 0.717) is 11.3 Å². The Morgan fingerprint density at radius 2 is 1.73 bits per heavy atom. The number of aliphatic hydroxyl groups excluding tert-OH is 1. The normalized spacial score (nSPS) is 14.5. The van der Waals surface area contributed by atoms with Crippen molar-refractivity contribution in [3.8, 4) is 5.75 Å². The molecule has 3 unspecified atom stereocenters. The largest absolute Gasteiger partial charge is 0.496 e. The zero-order chi connectivity index (χ0) is 19.6. The highest BCUT2D eigenvalue weighted by molar-refractivity contribution is 9.10. The van der Waals surface area contributed by atoms with E-state index in [1.165, 1.54) is 6.92 Å². The minimum atomic E-state index is -2.30. The van der Waals surface area contributed by atoms with Crippen LogP contribution in [0.4, 0.5) is 0 Å². The minimum absolute atomic E-state index is 0.517. The first-order chi connectivity index (χ1) is 12.2. The molecule has 2 aromatic carbocycles. The molecular formula is C18H17BrO7. The van der Waals surface area contributed by atoms with Crippen molar-refractivity contribution in [2.24, 2.45) is 5.92 Å². The summed E-state index contributed by atoms with van der Waals surface area (Å²) in [5.41, 5.74) is 0.517. The summed E-state index contributed by atoms with van der Waals surface area (Å²) in [7, 11) is 1.54. The fraction of sp³-hybridized carbons (Fsp3) is 0.278. The van der Waals surface area contributed by atoms with Crippen LogP contribution in [0.25, 0.3) is 10.8 Å². The van der Waals surface area contributed by atoms with Gasteiger partial charge in [-0.15, -0.1) is 0 Å². The average Bonchev–Trinajstić information content (AvgIpc) is 2.60. The third-order valence-corrected chi connectivity index (χ3v) is 5.05. The highest BCUT2D eigenvalue weighted by Gasteiger charge is 2.40. The van der Waals surface area contributed by atoms with Crippen molar-refractivity contribution in [2.75, 3.05) is 7.11 Å². The Morgan fingerprint density at radius 1 is 1.08 bits per heavy atom. The molecule has 0 aliphatic carbocycles. The van der Waals surface area contributed by atoms with Crippen molar-refractivity contribution in [1.82, 2.24) is 0 Å². The van der Waals surface area contributed by atoms with Gasteiger partial charge in [0, 0.05) is 5.92 Å². The van der Waals surface area contributed by atoms with Gasteiger partial charge in [-0.25, -0.2) is 4.79 Å². The third-order valence-electron chi connectivity index (χ3n) is 4.23. The Morgan fingerprint density at radius 3 is 2.27 bits per heavy atom. The zero-order valence-electron chi connectivity index (χ0n) is 14.0. The number of carbonyl (C=O) groups is 3. The molecule has 0 aliphatic rings. The Labute approximate surface area is 157 Å². The van der Waals surface area contributed by atoms with Crippen LogP contribution in [0.15, 0.2) is 34.8 Å². The maximum absolute atomic E-state index is 12.5. The van der Waals surface area contributed by atoms with Crippen molar-refractivity contribution in [2.45, 2.75) is 18.9 Å². The standard InChI is InChI=1S/C18H17BrO7/c1-8(15(20)13(17(22)23)16(21)18(24)25)9-3-5-11-10(7-9)4-6-12(26-2)14(11)19/h3-8,13,16,21H,1-2H3,(H,22,23)(H,24,25). The predicted octanol–water partition coefficient (Wildman–Crippen LogP) is 2.43. The Kier molecular flexibility index (Phi) is 5.99. The molecule has 0 radical (unpaired) electrons. The van der Waals surface area contributed by atoms with E-state index in [-0.39, 0.29) is 0 Å². The second kappa shape index (κ2) is 7.84. The lowest BCUT2D eigenvalue weighted by Gasteiger charge is -2.19. The van der Waals surface area contributed by atoms with Gasteiger partial charge in [-0.05, 0) is 38.3 Å². The SMILES string of the molecule is COc1ccc2cc(C(C)C(=O)C(C(=O)O)C(O)C(=O)O)ccc2c1Br. The molecule has 138 valence electrons. The number of aliphatic hydroxyl groups is 1. The average molecular weight is 425 g/mol. The summed E-state index contributed by atoms with van der Waals surface area (Å²) in [6, 6.07) is 8.66. The highest BCUT2D eigenvalue weighted by atomic mass is 79.9. The molecule has 26 heavy (non-hydrogen) atoms. The number of carboxylic acids is 2. The molecule has 0 bridgehead atoms. The number of Topliss-reactive ketones (excluding diaryl/α,β-unsaturated/α-hetero) is 1. The van der Waals surface area contributed by atoms with Gasteiger partial charge in [0.05, 0.1) is 11.6 Å². The number of aliphatic carboxylic acids is 2.